The number of ether oxygens (including phenoxy) is 2. The first-order valence-electron chi connectivity index (χ1n) is 8.56. The SMILES string of the molecule is CC/C(=C\CC/C(C)=C/C(=O)OC)CCCC1OC1(C)CC. The maximum Gasteiger partial charge on any atom is 0.330 e. The van der Waals surface area contributed by atoms with Gasteiger partial charge < -0.3 is 9.47 Å². The molecule has 3 heteroatoms. The van der Waals surface area contributed by atoms with Crippen molar-refractivity contribution in [3.8, 4) is 0 Å². The highest BCUT2D eigenvalue weighted by molar-refractivity contribution is 5.82. The van der Waals surface area contributed by atoms with Gasteiger partial charge in [-0.1, -0.05) is 31.1 Å². The Hall–Kier alpha value is -1.09. The fraction of sp³-hybridized carbons (Fsp3) is 0.737. The van der Waals surface area contributed by atoms with E-state index in [-0.39, 0.29) is 11.6 Å². The van der Waals surface area contributed by atoms with Crippen molar-refractivity contribution in [3.05, 3.63) is 23.3 Å². The first-order chi connectivity index (χ1) is 10.4. The lowest BCUT2D eigenvalue weighted by Gasteiger charge is -2.06. The van der Waals surface area contributed by atoms with E-state index in [1.54, 1.807) is 6.08 Å². The molecule has 0 amide bonds. The Morgan fingerprint density at radius 1 is 1.32 bits per heavy atom. The molecule has 0 spiro atoms. The number of epoxide rings is 1. The van der Waals surface area contributed by atoms with E-state index in [0.717, 1.165) is 37.7 Å². The minimum atomic E-state index is -0.263. The van der Waals surface area contributed by atoms with Gasteiger partial charge in [0.1, 0.15) is 0 Å². The number of esters is 1. The van der Waals surface area contributed by atoms with Crippen LogP contribution in [-0.2, 0) is 14.3 Å². The molecule has 1 saturated heterocycles. The van der Waals surface area contributed by atoms with Gasteiger partial charge >= 0.3 is 5.97 Å². The number of carbonyl (C=O) groups excluding carboxylic acids is 1. The quantitative estimate of drug-likeness (QED) is 0.248. The normalized spacial score (nSPS) is 25.2. The summed E-state index contributed by atoms with van der Waals surface area (Å²) < 4.78 is 10.4. The van der Waals surface area contributed by atoms with E-state index >= 15 is 0 Å². The van der Waals surface area contributed by atoms with Gasteiger partial charge in [0.25, 0.3) is 0 Å². The second-order valence-corrected chi connectivity index (χ2v) is 6.43. The highest BCUT2D eigenvalue weighted by Crippen LogP contribution is 2.42. The Morgan fingerprint density at radius 3 is 2.59 bits per heavy atom. The zero-order valence-electron chi connectivity index (χ0n) is 14.9. The molecule has 0 N–H and O–H groups in total. The lowest BCUT2D eigenvalue weighted by Crippen LogP contribution is -2.07. The van der Waals surface area contributed by atoms with Crippen LogP contribution in [0.25, 0.3) is 0 Å². The van der Waals surface area contributed by atoms with Gasteiger partial charge in [0.15, 0.2) is 0 Å². The minimum Gasteiger partial charge on any atom is -0.466 e. The molecule has 0 aromatic heterocycles. The zero-order chi connectivity index (χ0) is 16.6. The molecule has 2 atom stereocenters. The number of carbonyl (C=O) groups is 1. The third kappa shape index (κ3) is 6.35. The van der Waals surface area contributed by atoms with Crippen LogP contribution in [0.4, 0.5) is 0 Å². The maximum atomic E-state index is 11.1. The maximum absolute atomic E-state index is 11.1. The molecule has 126 valence electrons. The largest absolute Gasteiger partial charge is 0.466 e. The Bertz CT molecular complexity index is 422. The fourth-order valence-electron chi connectivity index (χ4n) is 2.74. The van der Waals surface area contributed by atoms with Crippen LogP contribution < -0.4 is 0 Å². The van der Waals surface area contributed by atoms with Crippen LogP contribution in [-0.4, -0.2) is 24.8 Å². The van der Waals surface area contributed by atoms with Gasteiger partial charge in [0.2, 0.25) is 0 Å². The van der Waals surface area contributed by atoms with Crippen LogP contribution >= 0.6 is 0 Å². The van der Waals surface area contributed by atoms with Crippen molar-refractivity contribution in [2.45, 2.75) is 84.3 Å². The molecule has 0 radical (unpaired) electrons. The third-order valence-corrected chi connectivity index (χ3v) is 4.69. The Morgan fingerprint density at radius 2 is 2.05 bits per heavy atom. The molecule has 1 heterocycles. The topological polar surface area (TPSA) is 38.8 Å². The Balaban J connectivity index is 2.26. The van der Waals surface area contributed by atoms with Gasteiger partial charge in [0.05, 0.1) is 18.8 Å². The monoisotopic (exact) mass is 308 g/mol. The molecule has 0 saturated carbocycles. The average Bonchev–Trinajstić information content (AvgIpc) is 3.16. The molecule has 1 aliphatic heterocycles. The van der Waals surface area contributed by atoms with Gasteiger partial charge in [-0.05, 0) is 58.8 Å². The number of methoxy groups -OCH3 is 1. The smallest absolute Gasteiger partial charge is 0.330 e. The van der Waals surface area contributed by atoms with Crippen LogP contribution in [0.5, 0.6) is 0 Å². The molecule has 3 nitrogen and oxygen atoms in total. The molecule has 2 unspecified atom stereocenters. The predicted octanol–water partition coefficient (Wildman–Crippen LogP) is 4.96. The van der Waals surface area contributed by atoms with Crippen molar-refractivity contribution < 1.29 is 14.3 Å². The second kappa shape index (κ2) is 9.14. The Labute approximate surface area is 135 Å². The van der Waals surface area contributed by atoms with E-state index in [1.807, 2.05) is 6.92 Å². The Kier molecular flexibility index (Phi) is 7.88. The van der Waals surface area contributed by atoms with E-state index in [0.29, 0.717) is 6.10 Å². The molecule has 1 aliphatic rings. The van der Waals surface area contributed by atoms with E-state index in [2.05, 4.69) is 31.6 Å². The van der Waals surface area contributed by atoms with E-state index in [1.165, 1.54) is 25.5 Å². The van der Waals surface area contributed by atoms with Crippen LogP contribution in [0.15, 0.2) is 23.3 Å². The van der Waals surface area contributed by atoms with Gasteiger partial charge in [-0.3, -0.25) is 0 Å². The van der Waals surface area contributed by atoms with Crippen LogP contribution in [0.1, 0.15) is 72.6 Å². The number of rotatable bonds is 10. The van der Waals surface area contributed by atoms with E-state index < -0.39 is 0 Å². The van der Waals surface area contributed by atoms with E-state index in [9.17, 15) is 4.79 Å². The summed E-state index contributed by atoms with van der Waals surface area (Å²) >= 11 is 0. The average molecular weight is 308 g/mol. The summed E-state index contributed by atoms with van der Waals surface area (Å²) in [6, 6.07) is 0. The van der Waals surface area contributed by atoms with Crippen molar-refractivity contribution in [1.29, 1.82) is 0 Å². The number of allylic oxidation sites excluding steroid dienone is 3. The number of hydrogen-bond donors (Lipinski definition) is 0. The van der Waals surface area contributed by atoms with Crippen molar-refractivity contribution in [1.82, 2.24) is 0 Å². The van der Waals surface area contributed by atoms with Crippen molar-refractivity contribution in [2.24, 2.45) is 0 Å². The molecule has 0 bridgehead atoms. The molecule has 22 heavy (non-hydrogen) atoms. The predicted molar refractivity (Wildman–Crippen MR) is 90.8 cm³/mol. The standard InChI is InChI=1S/C19H32O3/c1-6-16(11-8-10-15(3)14-18(20)21-5)12-9-13-17-19(4,7-2)22-17/h11,14,17H,6-10,12-13H2,1-5H3/b15-14+,16-11+. The summed E-state index contributed by atoms with van der Waals surface area (Å²) in [5.41, 5.74) is 2.75. The summed E-state index contributed by atoms with van der Waals surface area (Å²) in [6.07, 6.45) is 12.1. The van der Waals surface area contributed by atoms with Crippen molar-refractivity contribution in [2.75, 3.05) is 7.11 Å². The van der Waals surface area contributed by atoms with Crippen LogP contribution in [0, 0.1) is 0 Å². The van der Waals surface area contributed by atoms with Crippen LogP contribution in [0.3, 0.4) is 0 Å². The van der Waals surface area contributed by atoms with Gasteiger partial charge in [0, 0.05) is 6.08 Å². The summed E-state index contributed by atoms with van der Waals surface area (Å²) in [5, 5.41) is 0. The third-order valence-electron chi connectivity index (χ3n) is 4.69. The van der Waals surface area contributed by atoms with Crippen molar-refractivity contribution >= 4 is 5.97 Å². The van der Waals surface area contributed by atoms with Gasteiger partial charge in [-0.25, -0.2) is 4.79 Å². The van der Waals surface area contributed by atoms with Crippen LogP contribution in [0.2, 0.25) is 0 Å². The summed E-state index contributed by atoms with van der Waals surface area (Å²) in [4.78, 5) is 11.1. The number of hydrogen-bond acceptors (Lipinski definition) is 3. The molecule has 0 aromatic carbocycles. The minimum absolute atomic E-state index is 0.159. The first-order valence-corrected chi connectivity index (χ1v) is 8.56. The molecule has 1 fully saturated rings. The summed E-state index contributed by atoms with van der Waals surface area (Å²) in [5.74, 6) is -0.263. The second-order valence-electron chi connectivity index (χ2n) is 6.43. The summed E-state index contributed by atoms with van der Waals surface area (Å²) in [7, 11) is 1.41. The first kappa shape index (κ1) is 19.0. The lowest BCUT2D eigenvalue weighted by atomic mass is 9.98. The summed E-state index contributed by atoms with van der Waals surface area (Å²) in [6.45, 7) is 8.60. The highest BCUT2D eigenvalue weighted by Gasteiger charge is 2.49. The molecular weight excluding hydrogens is 276 g/mol. The van der Waals surface area contributed by atoms with E-state index in [4.69, 9.17) is 4.74 Å². The fourth-order valence-corrected chi connectivity index (χ4v) is 2.74. The van der Waals surface area contributed by atoms with Gasteiger partial charge in [-0.15, -0.1) is 0 Å². The van der Waals surface area contributed by atoms with Gasteiger partial charge in [-0.2, -0.15) is 0 Å². The molecule has 1 rings (SSSR count). The molecular formula is C19H32O3. The zero-order valence-corrected chi connectivity index (χ0v) is 14.9. The molecule has 0 aromatic rings. The van der Waals surface area contributed by atoms with Crippen molar-refractivity contribution in [3.63, 3.8) is 0 Å². The molecule has 0 aliphatic carbocycles. The highest BCUT2D eigenvalue weighted by atomic mass is 16.6. The lowest BCUT2D eigenvalue weighted by molar-refractivity contribution is -0.134.